The molecule has 1 aromatic carbocycles. The summed E-state index contributed by atoms with van der Waals surface area (Å²) in [5, 5.41) is 5.79. The third-order valence-corrected chi connectivity index (χ3v) is 4.96. The molecule has 0 saturated carbocycles. The maximum Gasteiger partial charge on any atom is 0.119 e. The summed E-state index contributed by atoms with van der Waals surface area (Å²) in [7, 11) is 0. The number of rotatable bonds is 8. The second-order valence-electron chi connectivity index (χ2n) is 4.95. The van der Waals surface area contributed by atoms with Gasteiger partial charge in [0.05, 0.1) is 6.61 Å². The molecule has 0 aliphatic rings. The van der Waals surface area contributed by atoms with Gasteiger partial charge in [0, 0.05) is 27.2 Å². The first kappa shape index (κ1) is 16.5. The van der Waals surface area contributed by atoms with Crippen LogP contribution in [0.5, 0.6) is 5.75 Å². The maximum absolute atomic E-state index is 5.62. The van der Waals surface area contributed by atoms with Crippen LogP contribution in [0, 0.1) is 0 Å². The van der Waals surface area contributed by atoms with E-state index in [2.05, 4.69) is 57.8 Å². The molecule has 0 bridgehead atoms. The van der Waals surface area contributed by atoms with Crippen LogP contribution < -0.4 is 10.1 Å². The van der Waals surface area contributed by atoms with Gasteiger partial charge in [-0.25, -0.2) is 0 Å². The Morgan fingerprint density at radius 1 is 1.29 bits per heavy atom. The van der Waals surface area contributed by atoms with Crippen LogP contribution in [0.2, 0.25) is 0 Å². The number of ether oxygens (including phenoxy) is 1. The molecule has 0 fully saturated rings. The molecular formula is C17H22BrNOS. The quantitative estimate of drug-likeness (QED) is 0.692. The van der Waals surface area contributed by atoms with E-state index in [9.17, 15) is 0 Å². The summed E-state index contributed by atoms with van der Waals surface area (Å²) in [5.74, 6) is 0.950. The van der Waals surface area contributed by atoms with Crippen LogP contribution in [-0.2, 0) is 6.42 Å². The summed E-state index contributed by atoms with van der Waals surface area (Å²) in [5.41, 5.74) is 1.29. The number of hydrogen-bond acceptors (Lipinski definition) is 3. The van der Waals surface area contributed by atoms with Gasteiger partial charge in [-0.05, 0) is 59.6 Å². The largest absolute Gasteiger partial charge is 0.494 e. The lowest BCUT2D eigenvalue weighted by molar-refractivity contribution is 0.339. The predicted octanol–water partition coefficient (Wildman–Crippen LogP) is 5.19. The lowest BCUT2D eigenvalue weighted by atomic mass is 10.0. The summed E-state index contributed by atoms with van der Waals surface area (Å²) in [6.07, 6.45) is 2.14. The van der Waals surface area contributed by atoms with Gasteiger partial charge in [-0.3, -0.25) is 0 Å². The molecule has 1 atom stereocenters. The van der Waals surface area contributed by atoms with Crippen LogP contribution >= 0.6 is 27.3 Å². The van der Waals surface area contributed by atoms with Crippen LogP contribution in [0.15, 0.2) is 40.2 Å². The molecule has 0 radical (unpaired) electrons. The van der Waals surface area contributed by atoms with Gasteiger partial charge in [-0.2, -0.15) is 0 Å². The van der Waals surface area contributed by atoms with Crippen molar-refractivity contribution in [1.29, 1.82) is 0 Å². The zero-order valence-electron chi connectivity index (χ0n) is 12.6. The summed E-state index contributed by atoms with van der Waals surface area (Å²) in [6.45, 7) is 5.94. The number of thiophene rings is 1. The smallest absolute Gasteiger partial charge is 0.119 e. The van der Waals surface area contributed by atoms with Gasteiger partial charge < -0.3 is 10.1 Å². The Labute approximate surface area is 139 Å². The minimum absolute atomic E-state index is 0.330. The van der Waals surface area contributed by atoms with E-state index in [1.54, 1.807) is 11.3 Å². The number of hydrogen-bond donors (Lipinski definition) is 1. The Balaban J connectivity index is 2.16. The van der Waals surface area contributed by atoms with Crippen LogP contribution in [0.1, 0.15) is 36.8 Å². The molecule has 0 saturated heterocycles. The van der Waals surface area contributed by atoms with Crippen molar-refractivity contribution in [3.05, 3.63) is 50.6 Å². The summed E-state index contributed by atoms with van der Waals surface area (Å²) in [4.78, 5) is 1.39. The minimum Gasteiger partial charge on any atom is -0.494 e. The van der Waals surface area contributed by atoms with E-state index in [1.807, 2.05) is 13.0 Å². The Bertz CT molecular complexity index is 555. The molecule has 21 heavy (non-hydrogen) atoms. The van der Waals surface area contributed by atoms with E-state index in [1.165, 1.54) is 14.9 Å². The zero-order chi connectivity index (χ0) is 15.1. The molecule has 0 aliphatic carbocycles. The van der Waals surface area contributed by atoms with E-state index >= 15 is 0 Å². The normalized spacial score (nSPS) is 12.3. The first-order valence-electron chi connectivity index (χ1n) is 7.42. The highest BCUT2D eigenvalue weighted by Gasteiger charge is 2.13. The molecule has 1 aromatic heterocycles. The average Bonchev–Trinajstić information content (AvgIpc) is 2.89. The molecule has 1 heterocycles. The third-order valence-electron chi connectivity index (χ3n) is 3.24. The Kier molecular flexibility index (Phi) is 6.74. The van der Waals surface area contributed by atoms with E-state index in [0.717, 1.165) is 25.1 Å². The van der Waals surface area contributed by atoms with Crippen molar-refractivity contribution >= 4 is 27.3 Å². The number of halogens is 1. The molecular weight excluding hydrogens is 346 g/mol. The average molecular weight is 368 g/mol. The lowest BCUT2D eigenvalue weighted by Gasteiger charge is -2.19. The molecule has 2 rings (SSSR count). The van der Waals surface area contributed by atoms with Gasteiger partial charge in [0.15, 0.2) is 0 Å². The van der Waals surface area contributed by atoms with E-state index in [-0.39, 0.29) is 0 Å². The Morgan fingerprint density at radius 3 is 2.81 bits per heavy atom. The van der Waals surface area contributed by atoms with Crippen molar-refractivity contribution in [2.24, 2.45) is 0 Å². The fraction of sp³-hybridized carbons (Fsp3) is 0.412. The fourth-order valence-electron chi connectivity index (χ4n) is 2.28. The standard InChI is InChI=1S/C17H22BrNOS/c1-3-8-19-17(11-16-10-14(18)12-21-16)13-6-5-7-15(9-13)20-4-2/h5-7,9-10,12,17,19H,3-4,8,11H2,1-2H3. The van der Waals surface area contributed by atoms with E-state index < -0.39 is 0 Å². The number of benzene rings is 1. The van der Waals surface area contributed by atoms with Crippen LogP contribution in [-0.4, -0.2) is 13.2 Å². The molecule has 0 spiro atoms. The van der Waals surface area contributed by atoms with Gasteiger partial charge in [-0.1, -0.05) is 19.1 Å². The van der Waals surface area contributed by atoms with Gasteiger partial charge in [0.25, 0.3) is 0 Å². The highest BCUT2D eigenvalue weighted by Crippen LogP contribution is 2.27. The molecule has 1 unspecified atom stereocenters. The van der Waals surface area contributed by atoms with Gasteiger partial charge in [-0.15, -0.1) is 11.3 Å². The molecule has 2 nitrogen and oxygen atoms in total. The predicted molar refractivity (Wildman–Crippen MR) is 94.4 cm³/mol. The third kappa shape index (κ3) is 5.13. The fourth-order valence-corrected chi connectivity index (χ4v) is 3.77. The first-order chi connectivity index (χ1) is 10.2. The molecule has 114 valence electrons. The van der Waals surface area contributed by atoms with Crippen molar-refractivity contribution < 1.29 is 4.74 Å². The van der Waals surface area contributed by atoms with Crippen molar-refractivity contribution in [3.63, 3.8) is 0 Å². The monoisotopic (exact) mass is 367 g/mol. The van der Waals surface area contributed by atoms with Crippen molar-refractivity contribution in [2.45, 2.75) is 32.7 Å². The van der Waals surface area contributed by atoms with Crippen molar-refractivity contribution in [2.75, 3.05) is 13.2 Å². The second-order valence-corrected chi connectivity index (χ2v) is 6.86. The number of nitrogens with one attached hydrogen (secondary N) is 1. The highest BCUT2D eigenvalue weighted by atomic mass is 79.9. The minimum atomic E-state index is 0.330. The van der Waals surface area contributed by atoms with Crippen LogP contribution in [0.25, 0.3) is 0 Å². The summed E-state index contributed by atoms with van der Waals surface area (Å²) >= 11 is 5.34. The molecule has 0 aliphatic heterocycles. The Morgan fingerprint density at radius 2 is 2.14 bits per heavy atom. The van der Waals surface area contributed by atoms with Crippen molar-refractivity contribution in [3.8, 4) is 5.75 Å². The Hall–Kier alpha value is -0.840. The van der Waals surface area contributed by atoms with E-state index in [0.29, 0.717) is 12.6 Å². The highest BCUT2D eigenvalue weighted by molar-refractivity contribution is 9.10. The summed E-state index contributed by atoms with van der Waals surface area (Å²) < 4.78 is 6.79. The van der Waals surface area contributed by atoms with Gasteiger partial charge >= 0.3 is 0 Å². The first-order valence-corrected chi connectivity index (χ1v) is 9.09. The van der Waals surface area contributed by atoms with Gasteiger partial charge in [0.1, 0.15) is 5.75 Å². The maximum atomic E-state index is 5.62. The van der Waals surface area contributed by atoms with Crippen LogP contribution in [0.4, 0.5) is 0 Å². The van der Waals surface area contributed by atoms with Gasteiger partial charge in [0.2, 0.25) is 0 Å². The van der Waals surface area contributed by atoms with Crippen molar-refractivity contribution in [1.82, 2.24) is 5.32 Å². The topological polar surface area (TPSA) is 21.3 Å². The molecule has 0 amide bonds. The molecule has 1 N–H and O–H groups in total. The SMILES string of the molecule is CCCNC(Cc1cc(Br)cs1)c1cccc(OCC)c1. The van der Waals surface area contributed by atoms with Crippen LogP contribution in [0.3, 0.4) is 0 Å². The lowest BCUT2D eigenvalue weighted by Crippen LogP contribution is -2.23. The zero-order valence-corrected chi connectivity index (χ0v) is 15.0. The molecule has 4 heteroatoms. The van der Waals surface area contributed by atoms with E-state index in [4.69, 9.17) is 4.74 Å². The second kappa shape index (κ2) is 8.57. The molecule has 2 aromatic rings. The summed E-state index contributed by atoms with van der Waals surface area (Å²) in [6, 6.07) is 11.0.